The number of hydrogen-bond donors (Lipinski definition) is 0. The standard InChI is InChI=1S/C9H20S4/c1-10-5-3-7-12-9-13-8-4-6-11-2/h3-9H2,1-2H3. The van der Waals surface area contributed by atoms with E-state index in [2.05, 4.69) is 36.0 Å². The number of hydrogen-bond acceptors (Lipinski definition) is 4. The molecule has 0 radical (unpaired) electrons. The Bertz CT molecular complexity index is 77.7. The molecule has 0 aliphatic heterocycles. The maximum atomic E-state index is 2.18. The Morgan fingerprint density at radius 3 is 1.54 bits per heavy atom. The van der Waals surface area contributed by atoms with Crippen molar-refractivity contribution in [2.75, 3.05) is 40.6 Å². The van der Waals surface area contributed by atoms with Gasteiger partial charge in [0.2, 0.25) is 0 Å². The summed E-state index contributed by atoms with van der Waals surface area (Å²) in [6.45, 7) is 0. The van der Waals surface area contributed by atoms with E-state index in [-0.39, 0.29) is 0 Å². The fraction of sp³-hybridized carbons (Fsp3) is 1.00. The smallest absolute Gasteiger partial charge is 0.0392 e. The molecule has 80 valence electrons. The van der Waals surface area contributed by atoms with Crippen LogP contribution in [0.15, 0.2) is 0 Å². The van der Waals surface area contributed by atoms with Crippen LogP contribution in [0.3, 0.4) is 0 Å². The summed E-state index contributed by atoms with van der Waals surface area (Å²) in [7, 11) is 0. The van der Waals surface area contributed by atoms with Gasteiger partial charge in [0.05, 0.1) is 0 Å². The van der Waals surface area contributed by atoms with Gasteiger partial charge in [0.15, 0.2) is 0 Å². The first-order chi connectivity index (χ1) is 6.41. The normalized spacial score (nSPS) is 10.6. The van der Waals surface area contributed by atoms with Crippen molar-refractivity contribution in [3.8, 4) is 0 Å². The van der Waals surface area contributed by atoms with Gasteiger partial charge < -0.3 is 0 Å². The fourth-order valence-electron chi connectivity index (χ4n) is 0.787. The maximum absolute atomic E-state index is 2.18. The topological polar surface area (TPSA) is 0 Å². The van der Waals surface area contributed by atoms with Gasteiger partial charge in [0.1, 0.15) is 0 Å². The van der Waals surface area contributed by atoms with Crippen LogP contribution in [0.25, 0.3) is 0 Å². The molecule has 0 heterocycles. The van der Waals surface area contributed by atoms with Crippen molar-refractivity contribution < 1.29 is 0 Å². The Kier molecular flexibility index (Phi) is 14.8. The van der Waals surface area contributed by atoms with Gasteiger partial charge in [-0.1, -0.05) is 0 Å². The number of thioether (sulfide) groups is 4. The quantitative estimate of drug-likeness (QED) is 0.429. The number of rotatable bonds is 10. The first-order valence-electron chi connectivity index (χ1n) is 4.55. The molecule has 0 aliphatic rings. The average Bonchev–Trinajstić information content (AvgIpc) is 2.16. The molecule has 0 unspecified atom stereocenters. The minimum absolute atomic E-state index is 1.29. The van der Waals surface area contributed by atoms with Crippen LogP contribution in [0.4, 0.5) is 0 Å². The van der Waals surface area contributed by atoms with E-state index >= 15 is 0 Å². The summed E-state index contributed by atoms with van der Waals surface area (Å²) >= 11 is 8.10. The van der Waals surface area contributed by atoms with Crippen LogP contribution in [-0.4, -0.2) is 40.6 Å². The average molecular weight is 257 g/mol. The summed E-state index contributed by atoms with van der Waals surface area (Å²) in [5.41, 5.74) is 0. The zero-order valence-electron chi connectivity index (χ0n) is 8.58. The second-order valence-electron chi connectivity index (χ2n) is 2.63. The van der Waals surface area contributed by atoms with E-state index in [1.54, 1.807) is 0 Å². The van der Waals surface area contributed by atoms with E-state index < -0.39 is 0 Å². The molecule has 0 spiro atoms. The molecule has 0 aromatic heterocycles. The highest BCUT2D eigenvalue weighted by molar-refractivity contribution is 8.16. The summed E-state index contributed by atoms with van der Waals surface area (Å²) < 4.78 is 0. The Hall–Kier alpha value is 1.40. The summed E-state index contributed by atoms with van der Waals surface area (Å²) in [4.78, 5) is 0. The largest absolute Gasteiger partial charge is 0.165 e. The lowest BCUT2D eigenvalue weighted by molar-refractivity contribution is 1.12. The van der Waals surface area contributed by atoms with Crippen LogP contribution in [0.2, 0.25) is 0 Å². The van der Waals surface area contributed by atoms with Crippen LogP contribution in [0.5, 0.6) is 0 Å². The van der Waals surface area contributed by atoms with Crippen LogP contribution in [0.1, 0.15) is 12.8 Å². The third-order valence-corrected chi connectivity index (χ3v) is 5.32. The second kappa shape index (κ2) is 13.4. The minimum atomic E-state index is 1.29. The van der Waals surface area contributed by atoms with Crippen molar-refractivity contribution in [3.63, 3.8) is 0 Å². The molecule has 13 heavy (non-hydrogen) atoms. The van der Waals surface area contributed by atoms with E-state index in [0.29, 0.717) is 0 Å². The van der Waals surface area contributed by atoms with Crippen LogP contribution < -0.4 is 0 Å². The van der Waals surface area contributed by atoms with Crippen LogP contribution >= 0.6 is 47.0 Å². The molecule has 0 aromatic rings. The van der Waals surface area contributed by atoms with E-state index in [1.165, 1.54) is 40.9 Å². The third-order valence-electron chi connectivity index (χ3n) is 1.44. The van der Waals surface area contributed by atoms with Crippen molar-refractivity contribution in [3.05, 3.63) is 0 Å². The first-order valence-corrected chi connectivity index (χ1v) is 9.65. The fourth-order valence-corrected chi connectivity index (χ4v) is 4.13. The molecule has 0 fully saturated rings. The molecule has 0 bridgehead atoms. The molecular weight excluding hydrogens is 236 g/mol. The highest BCUT2D eigenvalue weighted by Crippen LogP contribution is 2.15. The van der Waals surface area contributed by atoms with Gasteiger partial charge in [-0.2, -0.15) is 47.0 Å². The molecule has 0 aliphatic carbocycles. The van der Waals surface area contributed by atoms with Crippen molar-refractivity contribution in [1.82, 2.24) is 0 Å². The predicted octanol–water partition coefficient (Wildman–Crippen LogP) is 3.92. The molecule has 0 N–H and O–H groups in total. The molecule has 0 aromatic carbocycles. The van der Waals surface area contributed by atoms with Gasteiger partial charge >= 0.3 is 0 Å². The van der Waals surface area contributed by atoms with Crippen molar-refractivity contribution in [1.29, 1.82) is 0 Å². The van der Waals surface area contributed by atoms with Gasteiger partial charge in [0.25, 0.3) is 0 Å². The third kappa shape index (κ3) is 13.4. The molecule has 0 nitrogen and oxygen atoms in total. The molecule has 0 saturated heterocycles. The Morgan fingerprint density at radius 2 is 1.15 bits per heavy atom. The molecule has 4 heteroatoms. The van der Waals surface area contributed by atoms with Crippen molar-refractivity contribution in [2.45, 2.75) is 12.8 Å². The highest BCUT2D eigenvalue weighted by Gasteiger charge is 1.91. The Balaban J connectivity index is 2.76. The van der Waals surface area contributed by atoms with Gasteiger partial charge in [-0.05, 0) is 48.4 Å². The van der Waals surface area contributed by atoms with E-state index in [4.69, 9.17) is 0 Å². The summed E-state index contributed by atoms with van der Waals surface area (Å²) in [5.74, 6) is 5.33. The zero-order chi connectivity index (χ0) is 9.78. The lowest BCUT2D eigenvalue weighted by Crippen LogP contribution is -1.86. The van der Waals surface area contributed by atoms with Crippen molar-refractivity contribution >= 4 is 47.0 Å². The van der Waals surface area contributed by atoms with Gasteiger partial charge in [-0.15, -0.1) is 0 Å². The lowest BCUT2D eigenvalue weighted by Gasteiger charge is -2.00. The van der Waals surface area contributed by atoms with Crippen molar-refractivity contribution in [2.24, 2.45) is 0 Å². The van der Waals surface area contributed by atoms with Gasteiger partial charge in [-0.25, -0.2) is 0 Å². The molecule has 0 saturated carbocycles. The molecule has 0 atom stereocenters. The summed E-state index contributed by atoms with van der Waals surface area (Å²) in [6, 6.07) is 0. The van der Waals surface area contributed by atoms with Gasteiger partial charge in [-0.3, -0.25) is 0 Å². The minimum Gasteiger partial charge on any atom is -0.165 e. The summed E-state index contributed by atoms with van der Waals surface area (Å²) in [5, 5.41) is 1.29. The Morgan fingerprint density at radius 1 is 0.692 bits per heavy atom. The first kappa shape index (κ1) is 14.4. The van der Waals surface area contributed by atoms with Gasteiger partial charge in [0, 0.05) is 5.08 Å². The lowest BCUT2D eigenvalue weighted by atomic mass is 10.6. The monoisotopic (exact) mass is 256 g/mol. The zero-order valence-corrected chi connectivity index (χ0v) is 11.8. The second-order valence-corrected chi connectivity index (χ2v) is 7.17. The molecule has 0 amide bonds. The highest BCUT2D eigenvalue weighted by atomic mass is 32.2. The van der Waals surface area contributed by atoms with E-state index in [9.17, 15) is 0 Å². The molecule has 0 rings (SSSR count). The Labute approximate surface area is 100 Å². The van der Waals surface area contributed by atoms with Crippen LogP contribution in [0, 0.1) is 0 Å². The maximum Gasteiger partial charge on any atom is 0.0392 e. The van der Waals surface area contributed by atoms with E-state index in [1.807, 2.05) is 23.5 Å². The van der Waals surface area contributed by atoms with E-state index in [0.717, 1.165) is 0 Å². The predicted molar refractivity (Wildman–Crippen MR) is 75.8 cm³/mol. The summed E-state index contributed by atoms with van der Waals surface area (Å²) in [6.07, 6.45) is 7.11. The van der Waals surface area contributed by atoms with Crippen LogP contribution in [-0.2, 0) is 0 Å². The molecular formula is C9H20S4. The SMILES string of the molecule is CSCCCSCSCCCSC.